The molecule has 0 saturated carbocycles. The zero-order chi connectivity index (χ0) is 10.7. The van der Waals surface area contributed by atoms with Crippen molar-refractivity contribution >= 4 is 17.1 Å². The summed E-state index contributed by atoms with van der Waals surface area (Å²) in [5.41, 5.74) is 1.48. The molecular weight excluding hydrogens is 194 g/mol. The second kappa shape index (κ2) is 4.08. The van der Waals surface area contributed by atoms with Gasteiger partial charge in [0.15, 0.2) is 5.65 Å². The zero-order valence-electron chi connectivity index (χ0n) is 8.38. The highest BCUT2D eigenvalue weighted by atomic mass is 16.5. The number of nitrogens with zero attached hydrogens (tertiary/aromatic N) is 3. The number of imidazole rings is 1. The third-order valence-electron chi connectivity index (χ3n) is 2.00. The largest absolute Gasteiger partial charge is 0.465 e. The van der Waals surface area contributed by atoms with Crippen molar-refractivity contribution in [3.63, 3.8) is 0 Å². The minimum absolute atomic E-state index is 0.177. The van der Waals surface area contributed by atoms with E-state index in [1.807, 2.05) is 12.1 Å². The summed E-state index contributed by atoms with van der Waals surface area (Å²) in [5, 5.41) is 0. The van der Waals surface area contributed by atoms with Crippen LogP contribution in [0.3, 0.4) is 0 Å². The number of rotatable bonds is 3. The average Bonchev–Trinajstić information content (AvgIpc) is 2.62. The highest BCUT2D eigenvalue weighted by Crippen LogP contribution is 2.08. The first-order valence-electron chi connectivity index (χ1n) is 4.72. The van der Waals surface area contributed by atoms with Gasteiger partial charge in [0.2, 0.25) is 0 Å². The van der Waals surface area contributed by atoms with Gasteiger partial charge in [0.05, 0.1) is 18.5 Å². The molecule has 0 N–H and O–H groups in total. The third kappa shape index (κ3) is 1.96. The van der Waals surface area contributed by atoms with E-state index in [1.54, 1.807) is 24.0 Å². The van der Waals surface area contributed by atoms with Crippen LogP contribution in [0.1, 0.15) is 6.92 Å². The summed E-state index contributed by atoms with van der Waals surface area (Å²) in [6.45, 7) is 2.35. The van der Waals surface area contributed by atoms with Gasteiger partial charge < -0.3 is 9.30 Å². The molecule has 0 saturated heterocycles. The quantitative estimate of drug-likeness (QED) is 0.701. The molecule has 0 fully saturated rings. The van der Waals surface area contributed by atoms with Crippen LogP contribution in [-0.4, -0.2) is 27.1 Å². The molecule has 0 aliphatic heterocycles. The standard InChI is InChI=1S/C10H11N3O2/c1-2-15-9(14)6-13-7-12-10-8(13)4-3-5-11-10/h3-5,7H,2,6H2,1H3. The molecular formula is C10H11N3O2. The summed E-state index contributed by atoms with van der Waals surface area (Å²) in [6, 6.07) is 3.68. The Bertz CT molecular complexity index is 478. The molecule has 5 heteroatoms. The lowest BCUT2D eigenvalue weighted by Crippen LogP contribution is -2.12. The molecule has 0 bridgehead atoms. The van der Waals surface area contributed by atoms with E-state index in [1.165, 1.54) is 0 Å². The number of fused-ring (bicyclic) bond motifs is 1. The fraction of sp³-hybridized carbons (Fsp3) is 0.300. The molecule has 0 radical (unpaired) electrons. The average molecular weight is 205 g/mol. The van der Waals surface area contributed by atoms with Gasteiger partial charge in [-0.1, -0.05) is 0 Å². The summed E-state index contributed by atoms with van der Waals surface area (Å²) in [7, 11) is 0. The molecule has 0 spiro atoms. The van der Waals surface area contributed by atoms with Crippen molar-refractivity contribution in [2.24, 2.45) is 0 Å². The van der Waals surface area contributed by atoms with E-state index >= 15 is 0 Å². The van der Waals surface area contributed by atoms with Crippen molar-refractivity contribution in [2.45, 2.75) is 13.5 Å². The van der Waals surface area contributed by atoms with Gasteiger partial charge in [-0.05, 0) is 19.1 Å². The Labute approximate surface area is 86.7 Å². The van der Waals surface area contributed by atoms with Crippen LogP contribution in [-0.2, 0) is 16.1 Å². The lowest BCUT2D eigenvalue weighted by molar-refractivity contribution is -0.143. The van der Waals surface area contributed by atoms with Gasteiger partial charge in [-0.25, -0.2) is 9.97 Å². The zero-order valence-corrected chi connectivity index (χ0v) is 8.38. The predicted molar refractivity (Wildman–Crippen MR) is 54.2 cm³/mol. The van der Waals surface area contributed by atoms with E-state index in [9.17, 15) is 4.79 Å². The number of hydrogen-bond donors (Lipinski definition) is 0. The SMILES string of the molecule is CCOC(=O)Cn1cnc2ncccc21. The summed E-state index contributed by atoms with van der Waals surface area (Å²) >= 11 is 0. The maximum atomic E-state index is 11.3. The highest BCUT2D eigenvalue weighted by Gasteiger charge is 2.07. The molecule has 0 atom stereocenters. The first kappa shape index (κ1) is 9.64. The van der Waals surface area contributed by atoms with Crippen molar-refractivity contribution in [2.75, 3.05) is 6.61 Å². The smallest absolute Gasteiger partial charge is 0.325 e. The van der Waals surface area contributed by atoms with Crippen LogP contribution in [0.2, 0.25) is 0 Å². The number of carbonyl (C=O) groups excluding carboxylic acids is 1. The van der Waals surface area contributed by atoms with E-state index < -0.39 is 0 Å². The topological polar surface area (TPSA) is 57.0 Å². The Morgan fingerprint density at radius 2 is 2.40 bits per heavy atom. The second-order valence-corrected chi connectivity index (χ2v) is 3.02. The van der Waals surface area contributed by atoms with Crippen LogP contribution in [0.5, 0.6) is 0 Å². The van der Waals surface area contributed by atoms with E-state index in [2.05, 4.69) is 9.97 Å². The van der Waals surface area contributed by atoms with Gasteiger partial charge in [-0.15, -0.1) is 0 Å². The van der Waals surface area contributed by atoms with Crippen molar-refractivity contribution in [1.29, 1.82) is 0 Å². The number of ether oxygens (including phenoxy) is 1. The van der Waals surface area contributed by atoms with Crippen LogP contribution in [0.25, 0.3) is 11.2 Å². The molecule has 0 aliphatic carbocycles. The van der Waals surface area contributed by atoms with Crippen LogP contribution >= 0.6 is 0 Å². The molecule has 15 heavy (non-hydrogen) atoms. The van der Waals surface area contributed by atoms with Crippen LogP contribution in [0.15, 0.2) is 24.7 Å². The van der Waals surface area contributed by atoms with E-state index in [0.717, 1.165) is 5.52 Å². The molecule has 5 nitrogen and oxygen atoms in total. The Hall–Kier alpha value is -1.91. The van der Waals surface area contributed by atoms with Gasteiger partial charge in [0.25, 0.3) is 0 Å². The lowest BCUT2D eigenvalue weighted by atomic mass is 10.4. The van der Waals surface area contributed by atoms with Crippen molar-refractivity contribution in [3.05, 3.63) is 24.7 Å². The minimum Gasteiger partial charge on any atom is -0.465 e. The van der Waals surface area contributed by atoms with Crippen LogP contribution < -0.4 is 0 Å². The normalized spacial score (nSPS) is 10.5. The summed E-state index contributed by atoms with van der Waals surface area (Å²) in [6.07, 6.45) is 3.26. The Kier molecular flexibility index (Phi) is 2.62. The minimum atomic E-state index is -0.263. The Balaban J connectivity index is 2.25. The lowest BCUT2D eigenvalue weighted by Gasteiger charge is -2.03. The first-order valence-corrected chi connectivity index (χ1v) is 4.72. The Morgan fingerprint density at radius 1 is 1.53 bits per heavy atom. The van der Waals surface area contributed by atoms with Crippen molar-refractivity contribution in [3.8, 4) is 0 Å². The number of carbonyl (C=O) groups is 1. The van der Waals surface area contributed by atoms with E-state index in [0.29, 0.717) is 12.3 Å². The summed E-state index contributed by atoms with van der Waals surface area (Å²) in [5.74, 6) is -0.263. The molecule has 0 aromatic carbocycles. The van der Waals surface area contributed by atoms with Crippen molar-refractivity contribution in [1.82, 2.24) is 14.5 Å². The third-order valence-corrected chi connectivity index (χ3v) is 2.00. The van der Waals surface area contributed by atoms with Crippen molar-refractivity contribution < 1.29 is 9.53 Å². The molecule has 2 aromatic heterocycles. The van der Waals surface area contributed by atoms with Gasteiger partial charge in [-0.2, -0.15) is 0 Å². The molecule has 0 aliphatic rings. The highest BCUT2D eigenvalue weighted by molar-refractivity contribution is 5.75. The fourth-order valence-electron chi connectivity index (χ4n) is 1.37. The molecule has 2 heterocycles. The molecule has 0 unspecified atom stereocenters. The number of esters is 1. The predicted octanol–water partition coefficient (Wildman–Crippen LogP) is 0.994. The maximum Gasteiger partial charge on any atom is 0.325 e. The van der Waals surface area contributed by atoms with Gasteiger partial charge >= 0.3 is 5.97 Å². The first-order chi connectivity index (χ1) is 7.31. The Morgan fingerprint density at radius 3 is 3.20 bits per heavy atom. The van der Waals surface area contributed by atoms with E-state index in [4.69, 9.17) is 4.74 Å². The van der Waals surface area contributed by atoms with Gasteiger partial charge in [0, 0.05) is 6.20 Å². The summed E-state index contributed by atoms with van der Waals surface area (Å²) < 4.78 is 6.58. The monoisotopic (exact) mass is 205 g/mol. The molecule has 0 amide bonds. The number of aromatic nitrogens is 3. The van der Waals surface area contributed by atoms with Gasteiger partial charge in [0.1, 0.15) is 6.54 Å². The molecule has 78 valence electrons. The summed E-state index contributed by atoms with van der Waals surface area (Å²) in [4.78, 5) is 19.4. The fourth-order valence-corrected chi connectivity index (χ4v) is 1.37. The maximum absolute atomic E-state index is 11.3. The molecule has 2 aromatic rings. The van der Waals surface area contributed by atoms with E-state index in [-0.39, 0.29) is 12.5 Å². The number of pyridine rings is 1. The molecule has 2 rings (SSSR count). The number of hydrogen-bond acceptors (Lipinski definition) is 4. The van der Waals surface area contributed by atoms with Crippen LogP contribution in [0, 0.1) is 0 Å². The van der Waals surface area contributed by atoms with Gasteiger partial charge in [-0.3, -0.25) is 4.79 Å². The second-order valence-electron chi connectivity index (χ2n) is 3.02. The van der Waals surface area contributed by atoms with Crippen LogP contribution in [0.4, 0.5) is 0 Å².